The maximum atomic E-state index is 11.1. The third-order valence-electron chi connectivity index (χ3n) is 4.05. The van der Waals surface area contributed by atoms with Crippen molar-refractivity contribution in [2.75, 3.05) is 0 Å². The topological polar surface area (TPSA) is 57.9 Å². The summed E-state index contributed by atoms with van der Waals surface area (Å²) in [7, 11) is -3.81. The van der Waals surface area contributed by atoms with Crippen LogP contribution in [0.25, 0.3) is 0 Å². The smallest absolute Gasteiger partial charge is 0.206 e. The van der Waals surface area contributed by atoms with E-state index in [1.807, 2.05) is 12.1 Å². The molecule has 22 heavy (non-hydrogen) atoms. The summed E-state index contributed by atoms with van der Waals surface area (Å²) >= 11 is 0. The second-order valence-electron chi connectivity index (χ2n) is 6.08. The standard InChI is InChI=1S/C18H30NO2S/c1-2-3-4-5-6-7-8-9-10-11-12-17-13-15-18(16-14-17)22(19,20)21/h13-16,19H,2-12H2,1H3. The average molecular weight is 325 g/mol. The van der Waals surface area contributed by atoms with E-state index in [0.29, 0.717) is 0 Å². The predicted molar refractivity (Wildman–Crippen MR) is 92.3 cm³/mol. The maximum absolute atomic E-state index is 11.1. The molecule has 0 bridgehead atoms. The molecule has 0 fully saturated rings. The first-order valence-corrected chi connectivity index (χ1v) is 10.1. The van der Waals surface area contributed by atoms with Crippen molar-refractivity contribution in [3.05, 3.63) is 29.8 Å². The molecule has 4 heteroatoms. The highest BCUT2D eigenvalue weighted by atomic mass is 32.2. The fourth-order valence-electron chi connectivity index (χ4n) is 2.65. The summed E-state index contributed by atoms with van der Waals surface area (Å²) in [5, 5.41) is 7.00. The van der Waals surface area contributed by atoms with Crippen LogP contribution >= 0.6 is 0 Å². The van der Waals surface area contributed by atoms with Crippen LogP contribution in [0.3, 0.4) is 0 Å². The molecule has 0 atom stereocenters. The molecule has 1 aromatic carbocycles. The molecule has 0 aromatic heterocycles. The maximum Gasteiger partial charge on any atom is 0.254 e. The summed E-state index contributed by atoms with van der Waals surface area (Å²) in [6.45, 7) is 2.25. The monoisotopic (exact) mass is 324 g/mol. The van der Waals surface area contributed by atoms with Gasteiger partial charge in [-0.3, -0.25) is 0 Å². The van der Waals surface area contributed by atoms with Gasteiger partial charge in [-0.2, -0.15) is 0 Å². The first-order valence-electron chi connectivity index (χ1n) is 8.62. The largest absolute Gasteiger partial charge is 0.254 e. The Balaban J connectivity index is 2.05. The molecule has 0 spiro atoms. The van der Waals surface area contributed by atoms with Crippen molar-refractivity contribution in [1.29, 1.82) is 0 Å². The number of aryl methyl sites for hydroxylation is 1. The van der Waals surface area contributed by atoms with Crippen molar-refractivity contribution >= 4 is 10.0 Å². The summed E-state index contributed by atoms with van der Waals surface area (Å²) in [6.07, 6.45) is 14.2. The molecule has 0 heterocycles. The fraction of sp³-hybridized carbons (Fsp3) is 0.667. The van der Waals surface area contributed by atoms with E-state index in [4.69, 9.17) is 5.14 Å². The molecular weight excluding hydrogens is 294 g/mol. The molecule has 0 unspecified atom stereocenters. The summed E-state index contributed by atoms with van der Waals surface area (Å²) in [4.78, 5) is 0.0827. The summed E-state index contributed by atoms with van der Waals surface area (Å²) in [6, 6.07) is 6.73. The van der Waals surface area contributed by atoms with Crippen LogP contribution in [-0.4, -0.2) is 8.42 Å². The predicted octanol–water partition coefficient (Wildman–Crippen LogP) is 5.12. The van der Waals surface area contributed by atoms with Crippen molar-refractivity contribution < 1.29 is 8.42 Å². The molecule has 1 rings (SSSR count). The SMILES string of the molecule is CCCCCCCCCCCCc1ccc(S([NH])(=O)=O)cc1. The minimum atomic E-state index is -3.81. The Hall–Kier alpha value is -0.870. The van der Waals surface area contributed by atoms with Gasteiger partial charge in [0.15, 0.2) is 0 Å². The summed E-state index contributed by atoms with van der Waals surface area (Å²) in [5.41, 5.74) is 1.16. The Kier molecular flexibility index (Phi) is 9.41. The molecule has 1 aromatic rings. The Morgan fingerprint density at radius 3 is 1.68 bits per heavy atom. The van der Waals surface area contributed by atoms with Gasteiger partial charge in [0.2, 0.25) is 0 Å². The summed E-state index contributed by atoms with van der Waals surface area (Å²) < 4.78 is 22.1. The Morgan fingerprint density at radius 2 is 1.23 bits per heavy atom. The molecule has 0 amide bonds. The van der Waals surface area contributed by atoms with Gasteiger partial charge < -0.3 is 0 Å². The molecule has 1 radical (unpaired) electrons. The van der Waals surface area contributed by atoms with Gasteiger partial charge in [-0.1, -0.05) is 76.8 Å². The zero-order valence-corrected chi connectivity index (χ0v) is 14.6. The van der Waals surface area contributed by atoms with E-state index in [1.54, 1.807) is 0 Å². The Morgan fingerprint density at radius 1 is 0.773 bits per heavy atom. The van der Waals surface area contributed by atoms with E-state index < -0.39 is 10.0 Å². The van der Waals surface area contributed by atoms with E-state index in [0.717, 1.165) is 18.4 Å². The number of sulfonamides is 1. The van der Waals surface area contributed by atoms with E-state index in [2.05, 4.69) is 6.92 Å². The van der Waals surface area contributed by atoms with Gasteiger partial charge >= 0.3 is 0 Å². The number of hydrogen-bond donors (Lipinski definition) is 0. The van der Waals surface area contributed by atoms with Crippen molar-refractivity contribution in [3.8, 4) is 0 Å². The number of benzene rings is 1. The molecule has 3 nitrogen and oxygen atoms in total. The van der Waals surface area contributed by atoms with E-state index in [-0.39, 0.29) is 4.90 Å². The van der Waals surface area contributed by atoms with Crippen molar-refractivity contribution in [2.45, 2.75) is 82.4 Å². The van der Waals surface area contributed by atoms with Crippen LogP contribution in [0.2, 0.25) is 0 Å². The molecule has 0 aliphatic rings. The number of unbranched alkanes of at least 4 members (excludes halogenated alkanes) is 9. The van der Waals surface area contributed by atoms with Crippen LogP contribution in [-0.2, 0) is 16.4 Å². The number of hydrogen-bond acceptors (Lipinski definition) is 2. The average Bonchev–Trinajstić information content (AvgIpc) is 2.49. The van der Waals surface area contributed by atoms with Gasteiger partial charge in [0, 0.05) is 0 Å². The van der Waals surface area contributed by atoms with Gasteiger partial charge in [0.05, 0.1) is 4.90 Å². The fourth-order valence-corrected chi connectivity index (χ4v) is 3.15. The van der Waals surface area contributed by atoms with Crippen molar-refractivity contribution in [2.24, 2.45) is 0 Å². The van der Waals surface area contributed by atoms with Crippen LogP contribution in [0, 0.1) is 0 Å². The lowest BCUT2D eigenvalue weighted by Crippen LogP contribution is -2.00. The second-order valence-corrected chi connectivity index (χ2v) is 7.56. The van der Waals surface area contributed by atoms with Gasteiger partial charge in [-0.15, -0.1) is 5.14 Å². The molecule has 0 saturated carbocycles. The first kappa shape index (κ1) is 19.2. The van der Waals surface area contributed by atoms with Gasteiger partial charge in [-0.25, -0.2) is 8.42 Å². The lowest BCUT2D eigenvalue weighted by Gasteiger charge is -2.04. The lowest BCUT2D eigenvalue weighted by molar-refractivity contribution is 0.556. The number of rotatable bonds is 12. The lowest BCUT2D eigenvalue weighted by atomic mass is 10.0. The zero-order valence-electron chi connectivity index (χ0n) is 13.8. The third-order valence-corrected chi connectivity index (χ3v) is 4.95. The highest BCUT2D eigenvalue weighted by molar-refractivity contribution is 7.88. The van der Waals surface area contributed by atoms with E-state index in [9.17, 15) is 8.42 Å². The zero-order chi connectivity index (χ0) is 16.3. The minimum absolute atomic E-state index is 0.0827. The highest BCUT2D eigenvalue weighted by Crippen LogP contribution is 2.14. The normalized spacial score (nSPS) is 11.7. The number of nitrogens with one attached hydrogen (secondary N) is 1. The third kappa shape index (κ3) is 8.54. The van der Waals surface area contributed by atoms with E-state index >= 15 is 0 Å². The van der Waals surface area contributed by atoms with Gasteiger partial charge in [0.25, 0.3) is 10.0 Å². The highest BCUT2D eigenvalue weighted by Gasteiger charge is 2.07. The van der Waals surface area contributed by atoms with Crippen LogP contribution in [0.15, 0.2) is 29.2 Å². The molecule has 0 aliphatic carbocycles. The quantitative estimate of drug-likeness (QED) is 0.501. The Labute approximate surface area is 136 Å². The Bertz CT molecular complexity index is 494. The van der Waals surface area contributed by atoms with Crippen molar-refractivity contribution in [1.82, 2.24) is 5.14 Å². The minimum Gasteiger partial charge on any atom is -0.206 e. The molecule has 0 saturated heterocycles. The van der Waals surface area contributed by atoms with Crippen molar-refractivity contribution in [3.63, 3.8) is 0 Å². The van der Waals surface area contributed by atoms with Crippen LogP contribution in [0.4, 0.5) is 0 Å². The van der Waals surface area contributed by atoms with Crippen LogP contribution in [0.1, 0.15) is 76.7 Å². The molecule has 0 aliphatic heterocycles. The summed E-state index contributed by atoms with van der Waals surface area (Å²) in [5.74, 6) is 0. The first-order chi connectivity index (χ1) is 10.5. The second kappa shape index (κ2) is 10.8. The van der Waals surface area contributed by atoms with Gasteiger partial charge in [0.1, 0.15) is 0 Å². The molecule has 125 valence electrons. The van der Waals surface area contributed by atoms with Gasteiger partial charge in [-0.05, 0) is 30.5 Å². The molecular formula is C18H30NO2S. The molecule has 1 N–H and O–H groups in total. The van der Waals surface area contributed by atoms with Crippen LogP contribution in [0.5, 0.6) is 0 Å². The van der Waals surface area contributed by atoms with Crippen LogP contribution < -0.4 is 5.14 Å². The van der Waals surface area contributed by atoms with E-state index in [1.165, 1.54) is 69.9 Å².